The van der Waals surface area contributed by atoms with Gasteiger partial charge in [0.15, 0.2) is 0 Å². The second-order valence-corrected chi connectivity index (χ2v) is 6.70. The maximum atomic E-state index is 13.0. The van der Waals surface area contributed by atoms with E-state index in [1.807, 2.05) is 0 Å². The van der Waals surface area contributed by atoms with E-state index in [1.165, 1.54) is 23.9 Å². The minimum absolute atomic E-state index is 0.190. The normalized spacial score (nSPS) is 12.0. The molecule has 0 aliphatic rings. The van der Waals surface area contributed by atoms with Gasteiger partial charge in [-0.25, -0.2) is 0 Å². The van der Waals surface area contributed by atoms with Gasteiger partial charge in [-0.05, 0) is 24.3 Å². The molecule has 0 N–H and O–H groups in total. The molecular formula is C20H17F6N5O. The average Bonchev–Trinajstić information content (AvgIpc) is 2.72. The molecule has 0 spiro atoms. The number of ether oxygens (including phenoxy) is 1. The van der Waals surface area contributed by atoms with Crippen LogP contribution in [0.25, 0.3) is 0 Å². The second kappa shape index (κ2) is 8.89. The summed E-state index contributed by atoms with van der Waals surface area (Å²) < 4.78 is 82.3. The number of anilines is 4. The van der Waals surface area contributed by atoms with Gasteiger partial charge in [0.1, 0.15) is 0 Å². The third-order valence-electron chi connectivity index (χ3n) is 4.04. The molecule has 3 aromatic rings. The highest BCUT2D eigenvalue weighted by Gasteiger charge is 2.59. The predicted octanol–water partition coefficient (Wildman–Crippen LogP) is 5.28. The fraction of sp³-hybridized carbons (Fsp3) is 0.250. The summed E-state index contributed by atoms with van der Waals surface area (Å²) in [5.41, 5.74) is 1.03. The third kappa shape index (κ3) is 5.37. The molecule has 0 radical (unpaired) electrons. The van der Waals surface area contributed by atoms with Gasteiger partial charge in [-0.3, -0.25) is 4.90 Å². The van der Waals surface area contributed by atoms with Crippen molar-refractivity contribution in [1.82, 2.24) is 15.0 Å². The van der Waals surface area contributed by atoms with Crippen LogP contribution in [0.3, 0.4) is 0 Å². The summed E-state index contributed by atoms with van der Waals surface area (Å²) >= 11 is 0. The van der Waals surface area contributed by atoms with E-state index in [0.29, 0.717) is 11.4 Å². The minimum Gasteiger partial charge on any atom is -0.440 e. The molecule has 3 rings (SSSR count). The molecule has 32 heavy (non-hydrogen) atoms. The number of hydrogen-bond acceptors (Lipinski definition) is 6. The van der Waals surface area contributed by atoms with Gasteiger partial charge in [-0.15, -0.1) is 0 Å². The Hall–Kier alpha value is -3.57. The summed E-state index contributed by atoms with van der Waals surface area (Å²) in [5, 5.41) is 0. The molecule has 0 aliphatic carbocycles. The maximum absolute atomic E-state index is 13.0. The van der Waals surface area contributed by atoms with Crippen LogP contribution in [0, 0.1) is 0 Å². The van der Waals surface area contributed by atoms with Crippen LogP contribution in [0.1, 0.15) is 0 Å². The van der Waals surface area contributed by atoms with Crippen molar-refractivity contribution in [2.75, 3.05) is 23.9 Å². The van der Waals surface area contributed by atoms with E-state index in [-0.39, 0.29) is 11.9 Å². The highest BCUT2D eigenvalue weighted by molar-refractivity contribution is 5.72. The molecule has 12 heteroatoms. The lowest BCUT2D eigenvalue weighted by Crippen LogP contribution is -2.47. The summed E-state index contributed by atoms with van der Waals surface area (Å²) in [6, 6.07) is 15.9. The van der Waals surface area contributed by atoms with Gasteiger partial charge in [0.2, 0.25) is 11.9 Å². The first-order valence-corrected chi connectivity index (χ1v) is 9.10. The molecule has 0 fully saturated rings. The number of hydrogen-bond donors (Lipinski definition) is 0. The summed E-state index contributed by atoms with van der Waals surface area (Å²) in [6.07, 6.45) is -15.5. The third-order valence-corrected chi connectivity index (χ3v) is 4.04. The summed E-state index contributed by atoms with van der Waals surface area (Å²) in [6.45, 7) is 0. The van der Waals surface area contributed by atoms with Crippen LogP contribution < -0.4 is 14.5 Å². The first kappa shape index (κ1) is 23.1. The van der Waals surface area contributed by atoms with Crippen LogP contribution >= 0.6 is 0 Å². The topological polar surface area (TPSA) is 54.4 Å². The average molecular weight is 457 g/mol. The number of rotatable bonds is 6. The van der Waals surface area contributed by atoms with Crippen molar-refractivity contribution in [2.45, 2.75) is 18.5 Å². The lowest BCUT2D eigenvalue weighted by Gasteiger charge is -2.26. The lowest BCUT2D eigenvalue weighted by molar-refractivity contribution is -0.301. The van der Waals surface area contributed by atoms with E-state index in [1.54, 1.807) is 60.7 Å². The zero-order chi connectivity index (χ0) is 23.5. The monoisotopic (exact) mass is 457 g/mol. The molecule has 1 heterocycles. The van der Waals surface area contributed by atoms with E-state index >= 15 is 0 Å². The highest BCUT2D eigenvalue weighted by Crippen LogP contribution is 2.37. The Kier molecular flexibility index (Phi) is 6.42. The Morgan fingerprint density at radius 1 is 0.688 bits per heavy atom. The fourth-order valence-electron chi connectivity index (χ4n) is 2.65. The molecule has 1 aromatic heterocycles. The van der Waals surface area contributed by atoms with Gasteiger partial charge < -0.3 is 9.64 Å². The van der Waals surface area contributed by atoms with Gasteiger partial charge in [0.05, 0.1) is 0 Å². The SMILES string of the molecule is CN(C)c1nc(OC(C(F)(F)F)C(F)(F)F)nc(N(c2ccccc2)c2ccccc2)n1. The number of halogens is 6. The van der Waals surface area contributed by atoms with Crippen LogP contribution in [0.4, 0.5) is 49.6 Å². The fourth-order valence-corrected chi connectivity index (χ4v) is 2.65. The molecule has 0 amide bonds. The largest absolute Gasteiger partial charge is 0.440 e. The molecule has 0 saturated heterocycles. The highest BCUT2D eigenvalue weighted by atomic mass is 19.4. The lowest BCUT2D eigenvalue weighted by atomic mass is 10.2. The minimum atomic E-state index is -5.72. The molecule has 6 nitrogen and oxygen atoms in total. The molecule has 0 aliphatic heterocycles. The van der Waals surface area contributed by atoms with Gasteiger partial charge in [0.25, 0.3) is 6.10 Å². The van der Waals surface area contributed by atoms with Gasteiger partial charge >= 0.3 is 18.4 Å². The number of aromatic nitrogens is 3. The van der Waals surface area contributed by atoms with Gasteiger partial charge in [-0.1, -0.05) is 36.4 Å². The summed E-state index contributed by atoms with van der Waals surface area (Å²) in [4.78, 5) is 14.4. The van der Waals surface area contributed by atoms with Gasteiger partial charge in [-0.2, -0.15) is 41.3 Å². The number of benzene rings is 2. The zero-order valence-corrected chi connectivity index (χ0v) is 16.8. The summed E-state index contributed by atoms with van der Waals surface area (Å²) in [5.74, 6) is -0.413. The van der Waals surface area contributed by atoms with E-state index in [9.17, 15) is 26.3 Å². The van der Waals surface area contributed by atoms with Crippen LogP contribution in [-0.2, 0) is 0 Å². The van der Waals surface area contributed by atoms with E-state index in [4.69, 9.17) is 0 Å². The Morgan fingerprint density at radius 3 is 1.53 bits per heavy atom. The Balaban J connectivity index is 2.15. The van der Waals surface area contributed by atoms with Crippen molar-refractivity contribution >= 4 is 23.3 Å². The van der Waals surface area contributed by atoms with Crippen LogP contribution in [0.5, 0.6) is 6.01 Å². The Morgan fingerprint density at radius 2 is 1.12 bits per heavy atom. The van der Waals surface area contributed by atoms with Crippen LogP contribution in [0.15, 0.2) is 60.7 Å². The van der Waals surface area contributed by atoms with Crippen LogP contribution in [-0.4, -0.2) is 47.5 Å². The smallest absolute Gasteiger partial charge is 0.434 e. The van der Waals surface area contributed by atoms with Crippen molar-refractivity contribution in [2.24, 2.45) is 0 Å². The Labute approximate surface area is 179 Å². The van der Waals surface area contributed by atoms with Crippen molar-refractivity contribution in [1.29, 1.82) is 0 Å². The molecule has 170 valence electrons. The molecular weight excluding hydrogens is 440 g/mol. The second-order valence-electron chi connectivity index (χ2n) is 6.70. The van der Waals surface area contributed by atoms with Gasteiger partial charge in [0, 0.05) is 25.5 Å². The first-order valence-electron chi connectivity index (χ1n) is 9.10. The zero-order valence-electron chi connectivity index (χ0n) is 16.8. The number of para-hydroxylation sites is 2. The first-order chi connectivity index (χ1) is 15.0. The molecule has 0 atom stereocenters. The maximum Gasteiger partial charge on any atom is 0.434 e. The van der Waals surface area contributed by atoms with Crippen LogP contribution in [0.2, 0.25) is 0 Å². The number of nitrogens with zero attached hydrogens (tertiary/aromatic N) is 5. The predicted molar refractivity (Wildman–Crippen MR) is 105 cm³/mol. The molecule has 2 aromatic carbocycles. The Bertz CT molecular complexity index is 975. The quantitative estimate of drug-likeness (QED) is 0.470. The van der Waals surface area contributed by atoms with Crippen molar-refractivity contribution in [3.8, 4) is 6.01 Å². The van der Waals surface area contributed by atoms with E-state index < -0.39 is 24.5 Å². The molecule has 0 bridgehead atoms. The van der Waals surface area contributed by atoms with Crippen molar-refractivity contribution < 1.29 is 31.1 Å². The van der Waals surface area contributed by atoms with Crippen molar-refractivity contribution in [3.63, 3.8) is 0 Å². The van der Waals surface area contributed by atoms with E-state index in [0.717, 1.165) is 0 Å². The van der Waals surface area contributed by atoms with E-state index in [2.05, 4.69) is 19.7 Å². The van der Waals surface area contributed by atoms with Crippen molar-refractivity contribution in [3.05, 3.63) is 60.7 Å². The molecule has 0 unspecified atom stereocenters. The summed E-state index contributed by atoms with van der Waals surface area (Å²) in [7, 11) is 2.95. The standard InChI is InChI=1S/C20H17F6N5O/c1-30(2)16-27-17(29-18(28-16)32-15(19(21,22)23)20(24,25)26)31(13-9-5-3-6-10-13)14-11-7-4-8-12-14/h3-12,15H,1-2H3. The molecule has 0 saturated carbocycles. The number of alkyl halides is 6.